The molecule has 1 aromatic carbocycles. The average Bonchev–Trinajstić information content (AvgIpc) is 2.42. The number of hydrogen-bond acceptors (Lipinski definition) is 2. The van der Waals surface area contributed by atoms with E-state index in [-0.39, 0.29) is 6.04 Å². The first-order valence-corrected chi connectivity index (χ1v) is 4.25. The Morgan fingerprint density at radius 3 is 3.00 bits per heavy atom. The van der Waals surface area contributed by atoms with E-state index < -0.39 is 0 Å². The Hall–Kier alpha value is -0.730. The van der Waals surface area contributed by atoms with Crippen molar-refractivity contribution in [2.45, 2.75) is 13.0 Å². The van der Waals surface area contributed by atoms with Gasteiger partial charge in [-0.2, -0.15) is 0 Å². The van der Waals surface area contributed by atoms with E-state index in [4.69, 9.17) is 22.1 Å². The van der Waals surface area contributed by atoms with Crippen LogP contribution in [0, 0.1) is 6.92 Å². The fourth-order valence-corrected chi connectivity index (χ4v) is 1.75. The summed E-state index contributed by atoms with van der Waals surface area (Å²) in [5.41, 5.74) is 8.04. The second-order valence-electron chi connectivity index (χ2n) is 3.02. The molecule has 1 atom stereocenters. The quantitative estimate of drug-likeness (QED) is 0.668. The van der Waals surface area contributed by atoms with Crippen molar-refractivity contribution < 1.29 is 4.74 Å². The lowest BCUT2D eigenvalue weighted by Crippen LogP contribution is -2.11. The molecule has 1 unspecified atom stereocenters. The van der Waals surface area contributed by atoms with Crippen LogP contribution in [-0.4, -0.2) is 6.61 Å². The number of hydrogen-bond donors (Lipinski definition) is 1. The lowest BCUT2D eigenvalue weighted by molar-refractivity contribution is 0.333. The smallest absolute Gasteiger partial charge is 0.143 e. The third-order valence-corrected chi connectivity index (χ3v) is 2.44. The minimum Gasteiger partial charge on any atom is -0.490 e. The fourth-order valence-electron chi connectivity index (χ4n) is 1.54. The summed E-state index contributed by atoms with van der Waals surface area (Å²) in [6.45, 7) is 2.56. The molecule has 1 heterocycles. The molecule has 3 heteroatoms. The van der Waals surface area contributed by atoms with Crippen molar-refractivity contribution in [2.75, 3.05) is 6.61 Å². The standard InChI is InChI=1S/C9H10ClNO/c1-5-2-3-6(10)9-8(5)7(11)4-12-9/h2-3,7H,4,11H2,1H3. The first-order chi connectivity index (χ1) is 5.70. The van der Waals surface area contributed by atoms with Crippen LogP contribution < -0.4 is 10.5 Å². The van der Waals surface area contributed by atoms with E-state index in [1.807, 2.05) is 19.1 Å². The molecule has 0 radical (unpaired) electrons. The minimum atomic E-state index is -0.0151. The SMILES string of the molecule is Cc1ccc(Cl)c2c1C(N)CO2. The summed E-state index contributed by atoms with van der Waals surface area (Å²) in [5, 5.41) is 0.656. The van der Waals surface area contributed by atoms with Crippen molar-refractivity contribution in [3.05, 3.63) is 28.3 Å². The number of aryl methyl sites for hydroxylation is 1. The maximum atomic E-state index is 5.93. The van der Waals surface area contributed by atoms with Gasteiger partial charge in [0.2, 0.25) is 0 Å². The molecule has 1 aliphatic rings. The van der Waals surface area contributed by atoms with Gasteiger partial charge in [0, 0.05) is 5.56 Å². The van der Waals surface area contributed by atoms with E-state index in [1.54, 1.807) is 0 Å². The van der Waals surface area contributed by atoms with Gasteiger partial charge >= 0.3 is 0 Å². The van der Waals surface area contributed by atoms with Gasteiger partial charge in [-0.05, 0) is 18.6 Å². The Kier molecular flexibility index (Phi) is 1.74. The Morgan fingerprint density at radius 1 is 1.58 bits per heavy atom. The van der Waals surface area contributed by atoms with Crippen LogP contribution in [0.2, 0.25) is 5.02 Å². The molecular formula is C9H10ClNO. The number of benzene rings is 1. The van der Waals surface area contributed by atoms with Crippen molar-refractivity contribution >= 4 is 11.6 Å². The Morgan fingerprint density at radius 2 is 2.33 bits per heavy atom. The Bertz CT molecular complexity index is 325. The lowest BCUT2D eigenvalue weighted by Gasteiger charge is -2.05. The topological polar surface area (TPSA) is 35.2 Å². The molecule has 1 aromatic rings. The molecule has 0 aliphatic carbocycles. The van der Waals surface area contributed by atoms with Gasteiger partial charge in [0.05, 0.1) is 11.1 Å². The van der Waals surface area contributed by atoms with E-state index in [0.717, 1.165) is 16.9 Å². The molecule has 0 spiro atoms. The highest BCUT2D eigenvalue weighted by atomic mass is 35.5. The van der Waals surface area contributed by atoms with Gasteiger partial charge < -0.3 is 10.5 Å². The van der Waals surface area contributed by atoms with Gasteiger partial charge in [0.1, 0.15) is 12.4 Å². The lowest BCUT2D eigenvalue weighted by atomic mass is 10.0. The van der Waals surface area contributed by atoms with Gasteiger partial charge in [0.25, 0.3) is 0 Å². The summed E-state index contributed by atoms with van der Waals surface area (Å²) in [6, 6.07) is 3.79. The predicted octanol–water partition coefficient (Wildman–Crippen LogP) is 2.04. The first-order valence-electron chi connectivity index (χ1n) is 3.87. The highest BCUT2D eigenvalue weighted by Crippen LogP contribution is 2.39. The van der Waals surface area contributed by atoms with Crippen molar-refractivity contribution in [2.24, 2.45) is 5.73 Å². The predicted molar refractivity (Wildman–Crippen MR) is 48.6 cm³/mol. The molecule has 0 saturated carbocycles. The summed E-state index contributed by atoms with van der Waals surface area (Å²) in [4.78, 5) is 0. The normalized spacial score (nSPS) is 20.4. The van der Waals surface area contributed by atoms with Crippen LogP contribution in [0.3, 0.4) is 0 Å². The van der Waals surface area contributed by atoms with E-state index in [9.17, 15) is 0 Å². The van der Waals surface area contributed by atoms with E-state index >= 15 is 0 Å². The average molecular weight is 184 g/mol. The number of rotatable bonds is 0. The molecular weight excluding hydrogens is 174 g/mol. The highest BCUT2D eigenvalue weighted by Gasteiger charge is 2.24. The molecule has 64 valence electrons. The van der Waals surface area contributed by atoms with Crippen LogP contribution in [0.5, 0.6) is 5.75 Å². The molecule has 0 bridgehead atoms. The summed E-state index contributed by atoms with van der Waals surface area (Å²) in [5.74, 6) is 0.768. The Labute approximate surface area is 76.3 Å². The second kappa shape index (κ2) is 2.64. The maximum absolute atomic E-state index is 5.93. The molecule has 2 N–H and O–H groups in total. The molecule has 0 saturated heterocycles. The van der Waals surface area contributed by atoms with Crippen LogP contribution in [0.25, 0.3) is 0 Å². The number of nitrogens with two attached hydrogens (primary N) is 1. The molecule has 0 fully saturated rings. The molecule has 2 rings (SSSR count). The number of fused-ring (bicyclic) bond motifs is 1. The zero-order valence-electron chi connectivity index (χ0n) is 6.80. The van der Waals surface area contributed by atoms with Crippen molar-refractivity contribution in [1.82, 2.24) is 0 Å². The minimum absolute atomic E-state index is 0.0151. The summed E-state index contributed by atoms with van der Waals surface area (Å²) in [6.07, 6.45) is 0. The Balaban J connectivity index is 2.64. The second-order valence-corrected chi connectivity index (χ2v) is 3.43. The number of halogens is 1. The molecule has 2 nitrogen and oxygen atoms in total. The molecule has 12 heavy (non-hydrogen) atoms. The van der Waals surface area contributed by atoms with Crippen LogP contribution in [0.1, 0.15) is 17.2 Å². The zero-order chi connectivity index (χ0) is 8.72. The van der Waals surface area contributed by atoms with E-state index in [0.29, 0.717) is 11.6 Å². The molecule has 0 aromatic heterocycles. The van der Waals surface area contributed by atoms with E-state index in [1.165, 1.54) is 0 Å². The monoisotopic (exact) mass is 183 g/mol. The van der Waals surface area contributed by atoms with Crippen molar-refractivity contribution in [1.29, 1.82) is 0 Å². The van der Waals surface area contributed by atoms with Gasteiger partial charge in [-0.3, -0.25) is 0 Å². The highest BCUT2D eigenvalue weighted by molar-refractivity contribution is 6.32. The number of ether oxygens (including phenoxy) is 1. The van der Waals surface area contributed by atoms with Gasteiger partial charge in [0.15, 0.2) is 0 Å². The van der Waals surface area contributed by atoms with Crippen LogP contribution in [0.4, 0.5) is 0 Å². The molecule has 1 aliphatic heterocycles. The third-order valence-electron chi connectivity index (χ3n) is 2.14. The first kappa shape index (κ1) is 7.90. The van der Waals surface area contributed by atoms with Gasteiger partial charge in [-0.1, -0.05) is 17.7 Å². The van der Waals surface area contributed by atoms with Crippen LogP contribution >= 0.6 is 11.6 Å². The fraction of sp³-hybridized carbons (Fsp3) is 0.333. The zero-order valence-corrected chi connectivity index (χ0v) is 7.56. The summed E-state index contributed by atoms with van der Waals surface area (Å²) in [7, 11) is 0. The summed E-state index contributed by atoms with van der Waals surface area (Å²) >= 11 is 5.93. The van der Waals surface area contributed by atoms with Crippen molar-refractivity contribution in [3.63, 3.8) is 0 Å². The maximum Gasteiger partial charge on any atom is 0.143 e. The van der Waals surface area contributed by atoms with Crippen molar-refractivity contribution in [3.8, 4) is 5.75 Å². The van der Waals surface area contributed by atoms with Crippen LogP contribution in [-0.2, 0) is 0 Å². The third kappa shape index (κ3) is 0.993. The van der Waals surface area contributed by atoms with Crippen LogP contribution in [0.15, 0.2) is 12.1 Å². The van der Waals surface area contributed by atoms with Gasteiger partial charge in [-0.15, -0.1) is 0 Å². The largest absolute Gasteiger partial charge is 0.490 e. The summed E-state index contributed by atoms with van der Waals surface area (Å²) < 4.78 is 5.37. The van der Waals surface area contributed by atoms with E-state index in [2.05, 4.69) is 0 Å². The molecule has 0 amide bonds. The van der Waals surface area contributed by atoms with Gasteiger partial charge in [-0.25, -0.2) is 0 Å².